The van der Waals surface area contributed by atoms with Crippen LogP contribution in [0, 0.1) is 0 Å². The van der Waals surface area contributed by atoms with Crippen LogP contribution in [0.4, 0.5) is 0 Å². The van der Waals surface area contributed by atoms with Gasteiger partial charge in [0, 0.05) is 37.7 Å². The molecule has 0 saturated carbocycles. The minimum Gasteiger partial charge on any atom is -0.338 e. The lowest BCUT2D eigenvalue weighted by molar-refractivity contribution is -0.136. The van der Waals surface area contributed by atoms with Crippen molar-refractivity contribution in [2.45, 2.75) is 19.5 Å². The summed E-state index contributed by atoms with van der Waals surface area (Å²) in [4.78, 5) is 20.7. The number of carbonyl (C=O) groups excluding carboxylic acids is 1. The number of hydrogen-bond donors (Lipinski definition) is 0. The molecule has 1 aliphatic rings. The lowest BCUT2D eigenvalue weighted by atomic mass is 10.2. The van der Waals surface area contributed by atoms with Crippen LogP contribution in [0.3, 0.4) is 0 Å². The highest BCUT2D eigenvalue weighted by atomic mass is 35.5. The maximum absolute atomic E-state index is 12.5. The van der Waals surface area contributed by atoms with Gasteiger partial charge < -0.3 is 4.90 Å². The van der Waals surface area contributed by atoms with E-state index >= 15 is 0 Å². The van der Waals surface area contributed by atoms with E-state index in [9.17, 15) is 4.79 Å². The summed E-state index contributed by atoms with van der Waals surface area (Å²) in [5.74, 6) is 0.0987. The van der Waals surface area contributed by atoms with Gasteiger partial charge in [-0.1, -0.05) is 23.7 Å². The summed E-state index contributed by atoms with van der Waals surface area (Å²) in [5.41, 5.74) is 1.24. The van der Waals surface area contributed by atoms with Crippen molar-refractivity contribution in [2.75, 3.05) is 26.2 Å². The first kappa shape index (κ1) is 16.0. The average Bonchev–Trinajstić information content (AvgIpc) is 3.11. The molecular formula is C16H20ClN5O. The topological polar surface area (TPSA) is 54.3 Å². The number of benzene rings is 1. The van der Waals surface area contributed by atoms with Gasteiger partial charge in [0.25, 0.3) is 0 Å². The molecule has 2 heterocycles. The Balaban J connectivity index is 1.52. The van der Waals surface area contributed by atoms with E-state index in [0.717, 1.165) is 37.7 Å². The van der Waals surface area contributed by atoms with Crippen LogP contribution in [-0.2, 0) is 11.3 Å². The molecule has 0 spiro atoms. The predicted octanol–water partition coefficient (Wildman–Crippen LogP) is 1.84. The highest BCUT2D eigenvalue weighted by Gasteiger charge is 2.26. The lowest BCUT2D eigenvalue weighted by Gasteiger charge is -2.35. The lowest BCUT2D eigenvalue weighted by Crippen LogP contribution is -2.49. The van der Waals surface area contributed by atoms with E-state index in [1.807, 2.05) is 36.1 Å². The smallest absolute Gasteiger partial charge is 0.247 e. The fourth-order valence-corrected chi connectivity index (χ4v) is 2.90. The summed E-state index contributed by atoms with van der Waals surface area (Å²) < 4.78 is 1.60. The fourth-order valence-electron chi connectivity index (χ4n) is 2.77. The van der Waals surface area contributed by atoms with Gasteiger partial charge >= 0.3 is 0 Å². The second-order valence-electron chi connectivity index (χ2n) is 5.78. The van der Waals surface area contributed by atoms with E-state index in [-0.39, 0.29) is 11.9 Å². The number of halogens is 1. The van der Waals surface area contributed by atoms with Crippen molar-refractivity contribution in [3.63, 3.8) is 0 Å². The summed E-state index contributed by atoms with van der Waals surface area (Å²) in [5, 5.41) is 4.80. The van der Waals surface area contributed by atoms with Gasteiger partial charge in [0.15, 0.2) is 0 Å². The van der Waals surface area contributed by atoms with Gasteiger partial charge in [0.05, 0.1) is 0 Å². The Kier molecular flexibility index (Phi) is 4.93. The van der Waals surface area contributed by atoms with Crippen molar-refractivity contribution in [3.8, 4) is 0 Å². The van der Waals surface area contributed by atoms with Crippen molar-refractivity contribution in [1.29, 1.82) is 0 Å². The van der Waals surface area contributed by atoms with Crippen molar-refractivity contribution >= 4 is 17.5 Å². The van der Waals surface area contributed by atoms with E-state index in [4.69, 9.17) is 11.6 Å². The number of aromatic nitrogens is 3. The Morgan fingerprint density at radius 1 is 1.22 bits per heavy atom. The van der Waals surface area contributed by atoms with Crippen LogP contribution in [0.25, 0.3) is 0 Å². The number of rotatable bonds is 4. The number of carbonyl (C=O) groups is 1. The molecule has 1 saturated heterocycles. The zero-order valence-electron chi connectivity index (χ0n) is 13.1. The Labute approximate surface area is 140 Å². The predicted molar refractivity (Wildman–Crippen MR) is 88.0 cm³/mol. The van der Waals surface area contributed by atoms with Crippen molar-refractivity contribution in [1.82, 2.24) is 24.6 Å². The normalized spacial score (nSPS) is 17.2. The quantitative estimate of drug-likeness (QED) is 0.856. The summed E-state index contributed by atoms with van der Waals surface area (Å²) in [7, 11) is 0. The van der Waals surface area contributed by atoms with E-state index in [1.165, 1.54) is 11.9 Å². The molecule has 1 amide bonds. The second kappa shape index (κ2) is 7.10. The minimum absolute atomic E-state index is 0.0987. The SMILES string of the molecule is C[C@H](C(=O)N1CCN(Cc2ccc(Cl)cc2)CC1)n1cncn1. The van der Waals surface area contributed by atoms with Crippen LogP contribution in [0.1, 0.15) is 18.5 Å². The molecule has 1 fully saturated rings. The van der Waals surface area contributed by atoms with Crippen LogP contribution in [0.2, 0.25) is 5.02 Å². The maximum atomic E-state index is 12.5. The molecule has 2 aromatic rings. The molecule has 0 radical (unpaired) electrons. The maximum Gasteiger partial charge on any atom is 0.247 e. The highest BCUT2D eigenvalue weighted by molar-refractivity contribution is 6.30. The third kappa shape index (κ3) is 3.89. The average molecular weight is 334 g/mol. The summed E-state index contributed by atoms with van der Waals surface area (Å²) in [6.07, 6.45) is 3.03. The zero-order chi connectivity index (χ0) is 16.2. The van der Waals surface area contributed by atoms with E-state index < -0.39 is 0 Å². The molecule has 0 unspecified atom stereocenters. The monoisotopic (exact) mass is 333 g/mol. The molecule has 6 nitrogen and oxygen atoms in total. The first-order chi connectivity index (χ1) is 11.1. The highest BCUT2D eigenvalue weighted by Crippen LogP contribution is 2.15. The van der Waals surface area contributed by atoms with Gasteiger partial charge in [-0.2, -0.15) is 5.10 Å². The standard InChI is InChI=1S/C16H20ClN5O/c1-13(22-12-18-11-19-22)16(23)21-8-6-20(7-9-21)10-14-2-4-15(17)5-3-14/h2-5,11-13H,6-10H2,1H3/t13-/m1/s1. The van der Waals surface area contributed by atoms with Gasteiger partial charge in [0.2, 0.25) is 5.91 Å². The molecular weight excluding hydrogens is 314 g/mol. The number of piperazine rings is 1. The third-order valence-corrected chi connectivity index (χ3v) is 4.45. The largest absolute Gasteiger partial charge is 0.338 e. The fraction of sp³-hybridized carbons (Fsp3) is 0.438. The molecule has 0 N–H and O–H groups in total. The van der Waals surface area contributed by atoms with Gasteiger partial charge in [-0.25, -0.2) is 9.67 Å². The van der Waals surface area contributed by atoms with E-state index in [0.29, 0.717) is 0 Å². The van der Waals surface area contributed by atoms with Crippen LogP contribution in [-0.4, -0.2) is 56.7 Å². The van der Waals surface area contributed by atoms with Gasteiger partial charge in [-0.05, 0) is 24.6 Å². The van der Waals surface area contributed by atoms with Crippen molar-refractivity contribution < 1.29 is 4.79 Å². The molecule has 0 bridgehead atoms. The molecule has 23 heavy (non-hydrogen) atoms. The number of hydrogen-bond acceptors (Lipinski definition) is 4. The van der Waals surface area contributed by atoms with Crippen molar-refractivity contribution in [2.24, 2.45) is 0 Å². The van der Waals surface area contributed by atoms with Crippen molar-refractivity contribution in [3.05, 3.63) is 47.5 Å². The Morgan fingerprint density at radius 2 is 1.91 bits per heavy atom. The first-order valence-corrected chi connectivity index (χ1v) is 8.11. The summed E-state index contributed by atoms with van der Waals surface area (Å²) in [6, 6.07) is 7.62. The Morgan fingerprint density at radius 3 is 2.52 bits per heavy atom. The number of nitrogens with zero attached hydrogens (tertiary/aromatic N) is 5. The van der Waals surface area contributed by atoms with Crippen LogP contribution in [0.15, 0.2) is 36.9 Å². The molecule has 7 heteroatoms. The second-order valence-corrected chi connectivity index (χ2v) is 6.22. The molecule has 1 atom stereocenters. The first-order valence-electron chi connectivity index (χ1n) is 7.73. The Bertz CT molecular complexity index is 635. The van der Waals surface area contributed by atoms with E-state index in [1.54, 1.807) is 11.0 Å². The van der Waals surface area contributed by atoms with Crippen LogP contribution < -0.4 is 0 Å². The molecule has 3 rings (SSSR count). The number of amides is 1. The third-order valence-electron chi connectivity index (χ3n) is 4.19. The molecule has 1 aromatic heterocycles. The van der Waals surface area contributed by atoms with E-state index in [2.05, 4.69) is 15.0 Å². The van der Waals surface area contributed by atoms with Crippen LogP contribution >= 0.6 is 11.6 Å². The van der Waals surface area contributed by atoms with Crippen LogP contribution in [0.5, 0.6) is 0 Å². The Hall–Kier alpha value is -1.92. The van der Waals surface area contributed by atoms with Gasteiger partial charge in [0.1, 0.15) is 18.7 Å². The molecule has 0 aliphatic carbocycles. The minimum atomic E-state index is -0.305. The molecule has 1 aromatic carbocycles. The molecule has 1 aliphatic heterocycles. The summed E-state index contributed by atoms with van der Waals surface area (Å²) in [6.45, 7) is 5.97. The zero-order valence-corrected chi connectivity index (χ0v) is 13.9. The summed E-state index contributed by atoms with van der Waals surface area (Å²) >= 11 is 5.91. The van der Waals surface area contributed by atoms with Gasteiger partial charge in [-0.3, -0.25) is 9.69 Å². The van der Waals surface area contributed by atoms with Gasteiger partial charge in [-0.15, -0.1) is 0 Å². The molecule has 122 valence electrons.